The van der Waals surface area contributed by atoms with Crippen LogP contribution in [-0.4, -0.2) is 12.0 Å². The van der Waals surface area contributed by atoms with Crippen LogP contribution in [0.1, 0.15) is 17.3 Å². The molecule has 0 amide bonds. The van der Waals surface area contributed by atoms with E-state index in [2.05, 4.69) is 26.2 Å². The summed E-state index contributed by atoms with van der Waals surface area (Å²) in [5.41, 5.74) is 1.89. The molecule has 18 heavy (non-hydrogen) atoms. The van der Waals surface area contributed by atoms with Crippen molar-refractivity contribution in [2.24, 2.45) is 0 Å². The molecule has 1 aromatic carbocycles. The van der Waals surface area contributed by atoms with Gasteiger partial charge in [0.2, 0.25) is 0 Å². The fourth-order valence-electron chi connectivity index (χ4n) is 1.89. The van der Waals surface area contributed by atoms with Crippen LogP contribution < -0.4 is 5.32 Å². The van der Waals surface area contributed by atoms with E-state index in [1.54, 1.807) is 12.3 Å². The lowest BCUT2D eigenvalue weighted by Crippen LogP contribution is -2.20. The Morgan fingerprint density at radius 3 is 2.78 bits per heavy atom. The molecule has 1 unspecified atom stereocenters. The zero-order valence-corrected chi connectivity index (χ0v) is 11.6. The summed E-state index contributed by atoms with van der Waals surface area (Å²) in [6.07, 6.45) is 2.49. The second-order valence-electron chi connectivity index (χ2n) is 4.01. The Hall–Kier alpha value is -1.26. The molecule has 0 aliphatic rings. The van der Waals surface area contributed by atoms with Gasteiger partial charge in [0, 0.05) is 24.4 Å². The summed E-state index contributed by atoms with van der Waals surface area (Å²) in [6, 6.07) is 10.9. The van der Waals surface area contributed by atoms with Gasteiger partial charge in [-0.05, 0) is 46.7 Å². The molecule has 2 nitrogen and oxygen atoms in total. The van der Waals surface area contributed by atoms with Gasteiger partial charge in [-0.1, -0.05) is 18.2 Å². The molecule has 0 bridgehead atoms. The number of halogens is 2. The molecule has 94 valence electrons. The highest BCUT2D eigenvalue weighted by Gasteiger charge is 2.15. The molecule has 0 fully saturated rings. The number of likely N-dealkylation sites (N-methyl/N-ethyl adjacent to an activating group) is 1. The van der Waals surface area contributed by atoms with Gasteiger partial charge in [0.05, 0.1) is 4.47 Å². The van der Waals surface area contributed by atoms with E-state index in [0.29, 0.717) is 4.47 Å². The maximum Gasteiger partial charge on any atom is 0.137 e. The van der Waals surface area contributed by atoms with Gasteiger partial charge in [0.15, 0.2) is 0 Å². The molecule has 2 aromatic rings. The number of aromatic nitrogens is 1. The molecule has 4 heteroatoms. The molecule has 2 rings (SSSR count). The summed E-state index contributed by atoms with van der Waals surface area (Å²) < 4.78 is 14.0. The summed E-state index contributed by atoms with van der Waals surface area (Å²) in [4.78, 5) is 4.30. The van der Waals surface area contributed by atoms with Crippen LogP contribution >= 0.6 is 15.9 Å². The zero-order chi connectivity index (χ0) is 13.0. The van der Waals surface area contributed by atoms with Gasteiger partial charge >= 0.3 is 0 Å². The molecule has 1 N–H and O–H groups in total. The third-order valence-corrected chi connectivity index (χ3v) is 3.68. The topological polar surface area (TPSA) is 24.9 Å². The molecule has 0 aliphatic heterocycles. The second-order valence-corrected chi connectivity index (χ2v) is 4.80. The van der Waals surface area contributed by atoms with Crippen LogP contribution in [-0.2, 0) is 6.42 Å². The fourth-order valence-corrected chi connectivity index (χ4v) is 2.43. The third kappa shape index (κ3) is 2.94. The number of pyridine rings is 1. The molecular weight excluding hydrogens is 295 g/mol. The van der Waals surface area contributed by atoms with Gasteiger partial charge in [-0.25, -0.2) is 4.39 Å². The lowest BCUT2D eigenvalue weighted by atomic mass is 10.0. The summed E-state index contributed by atoms with van der Waals surface area (Å²) in [6.45, 7) is 0. The Kier molecular flexibility index (Phi) is 4.44. The number of nitrogens with one attached hydrogen (secondary N) is 1. The highest BCUT2D eigenvalue weighted by atomic mass is 79.9. The molecule has 0 aliphatic carbocycles. The Morgan fingerprint density at radius 1 is 1.28 bits per heavy atom. The van der Waals surface area contributed by atoms with Crippen LogP contribution in [0.25, 0.3) is 0 Å². The van der Waals surface area contributed by atoms with Crippen molar-refractivity contribution in [2.45, 2.75) is 12.5 Å². The van der Waals surface area contributed by atoms with E-state index in [1.165, 1.54) is 6.07 Å². The number of benzene rings is 1. The first kappa shape index (κ1) is 13.2. The van der Waals surface area contributed by atoms with Crippen molar-refractivity contribution in [3.63, 3.8) is 0 Å². The highest BCUT2D eigenvalue weighted by molar-refractivity contribution is 9.10. The average Bonchev–Trinajstić information content (AvgIpc) is 2.41. The molecule has 0 spiro atoms. The van der Waals surface area contributed by atoms with Crippen molar-refractivity contribution in [3.05, 3.63) is 64.1 Å². The minimum absolute atomic E-state index is 0.0324. The summed E-state index contributed by atoms with van der Waals surface area (Å²) in [5, 5.41) is 3.20. The number of hydrogen-bond donors (Lipinski definition) is 1. The van der Waals surface area contributed by atoms with Gasteiger partial charge in [-0.3, -0.25) is 4.98 Å². The van der Waals surface area contributed by atoms with Gasteiger partial charge in [-0.2, -0.15) is 0 Å². The Bertz CT molecular complexity index is 516. The van der Waals surface area contributed by atoms with E-state index >= 15 is 0 Å². The van der Waals surface area contributed by atoms with E-state index in [-0.39, 0.29) is 11.9 Å². The molecule has 0 radical (unpaired) electrons. The smallest absolute Gasteiger partial charge is 0.137 e. The predicted octanol–water partition coefficient (Wildman–Crippen LogP) is 3.49. The van der Waals surface area contributed by atoms with Gasteiger partial charge in [-0.15, -0.1) is 0 Å². The normalized spacial score (nSPS) is 12.4. The number of rotatable bonds is 4. The number of hydrogen-bond acceptors (Lipinski definition) is 2. The van der Waals surface area contributed by atoms with Crippen LogP contribution in [0.2, 0.25) is 0 Å². The first-order valence-corrected chi connectivity index (χ1v) is 6.52. The lowest BCUT2D eigenvalue weighted by molar-refractivity contribution is 0.566. The van der Waals surface area contributed by atoms with Crippen LogP contribution in [0.3, 0.4) is 0 Å². The van der Waals surface area contributed by atoms with Crippen LogP contribution in [0.4, 0.5) is 4.39 Å². The summed E-state index contributed by atoms with van der Waals surface area (Å²) >= 11 is 3.30. The predicted molar refractivity (Wildman–Crippen MR) is 73.8 cm³/mol. The van der Waals surface area contributed by atoms with Crippen molar-refractivity contribution in [1.29, 1.82) is 0 Å². The second kappa shape index (κ2) is 6.07. The Morgan fingerprint density at radius 2 is 2.11 bits per heavy atom. The first-order chi connectivity index (χ1) is 8.72. The van der Waals surface area contributed by atoms with Crippen molar-refractivity contribution < 1.29 is 4.39 Å². The first-order valence-electron chi connectivity index (χ1n) is 5.73. The fraction of sp³-hybridized carbons (Fsp3) is 0.214. The van der Waals surface area contributed by atoms with Crippen LogP contribution in [0, 0.1) is 5.82 Å². The van der Waals surface area contributed by atoms with Crippen LogP contribution in [0.5, 0.6) is 0 Å². The minimum Gasteiger partial charge on any atom is -0.313 e. The molecule has 1 heterocycles. The van der Waals surface area contributed by atoms with Crippen LogP contribution in [0.15, 0.2) is 47.1 Å². The molecule has 0 saturated heterocycles. The minimum atomic E-state index is -0.242. The molecule has 1 aromatic heterocycles. The van der Waals surface area contributed by atoms with Crippen molar-refractivity contribution in [1.82, 2.24) is 10.3 Å². The highest BCUT2D eigenvalue weighted by Crippen LogP contribution is 2.27. The Labute approximate surface area is 114 Å². The number of nitrogens with zero attached hydrogens (tertiary/aromatic N) is 1. The monoisotopic (exact) mass is 308 g/mol. The lowest BCUT2D eigenvalue weighted by Gasteiger charge is -2.18. The van der Waals surface area contributed by atoms with Gasteiger partial charge in [0.25, 0.3) is 0 Å². The maximum absolute atomic E-state index is 13.5. The van der Waals surface area contributed by atoms with Crippen molar-refractivity contribution in [3.8, 4) is 0 Å². The Balaban J connectivity index is 2.26. The van der Waals surface area contributed by atoms with E-state index in [0.717, 1.165) is 17.7 Å². The summed E-state index contributed by atoms with van der Waals surface area (Å²) in [5.74, 6) is -0.242. The average molecular weight is 309 g/mol. The maximum atomic E-state index is 13.5. The van der Waals surface area contributed by atoms with Crippen molar-refractivity contribution in [2.75, 3.05) is 7.05 Å². The SMILES string of the molecule is CNC(Cc1ccccn1)c1cccc(F)c1Br. The molecule has 0 saturated carbocycles. The summed E-state index contributed by atoms with van der Waals surface area (Å²) in [7, 11) is 1.87. The molecule has 1 atom stereocenters. The standard InChI is InChI=1S/C14H14BrFN2/c1-17-13(9-10-5-2-3-8-18-10)11-6-4-7-12(16)14(11)15/h2-8,13,17H,9H2,1H3. The quantitative estimate of drug-likeness (QED) is 0.935. The molecular formula is C14H14BrFN2. The third-order valence-electron chi connectivity index (χ3n) is 2.84. The zero-order valence-electron chi connectivity index (χ0n) is 10.0. The van der Waals surface area contributed by atoms with E-state index in [4.69, 9.17) is 0 Å². The van der Waals surface area contributed by atoms with Crippen molar-refractivity contribution >= 4 is 15.9 Å². The van der Waals surface area contributed by atoms with E-state index in [9.17, 15) is 4.39 Å². The van der Waals surface area contributed by atoms with E-state index < -0.39 is 0 Å². The van der Waals surface area contributed by atoms with E-state index in [1.807, 2.05) is 31.3 Å². The largest absolute Gasteiger partial charge is 0.313 e. The van der Waals surface area contributed by atoms with Gasteiger partial charge < -0.3 is 5.32 Å². The van der Waals surface area contributed by atoms with Gasteiger partial charge in [0.1, 0.15) is 5.82 Å².